The van der Waals surface area contributed by atoms with E-state index in [1.54, 1.807) is 0 Å². The number of aliphatic imine (C=N–C) groups is 4. The monoisotopic (exact) mass is 334 g/mol. The molecule has 0 aliphatic carbocycles. The number of alkyl halides is 6. The largest absolute Gasteiger partial charge is 0.490 e. The minimum absolute atomic E-state index is 0.630. The van der Waals surface area contributed by atoms with Crippen LogP contribution < -0.4 is 0 Å². The van der Waals surface area contributed by atoms with Crippen molar-refractivity contribution >= 4 is 36.3 Å². The lowest BCUT2D eigenvalue weighted by atomic mass is 10.6. The molecule has 8 nitrogen and oxygen atoms in total. The van der Waals surface area contributed by atoms with Crippen LogP contribution in [0.3, 0.4) is 0 Å². The summed E-state index contributed by atoms with van der Waals surface area (Å²) >= 11 is 0. The van der Waals surface area contributed by atoms with Crippen LogP contribution >= 0.6 is 0 Å². The van der Waals surface area contributed by atoms with E-state index in [9.17, 15) is 26.3 Å². The van der Waals surface area contributed by atoms with Crippen LogP contribution in [0.1, 0.15) is 0 Å². The molecule has 2 N–H and O–H groups in total. The van der Waals surface area contributed by atoms with E-state index in [4.69, 9.17) is 19.8 Å². The van der Waals surface area contributed by atoms with Crippen molar-refractivity contribution in [3.8, 4) is 0 Å². The van der Waals surface area contributed by atoms with E-state index in [0.29, 0.717) is 11.7 Å². The molecule has 2 heterocycles. The van der Waals surface area contributed by atoms with Gasteiger partial charge < -0.3 is 10.2 Å². The van der Waals surface area contributed by atoms with Gasteiger partial charge in [0.2, 0.25) is 11.7 Å². The number of hydrogen-bond acceptors (Lipinski definition) is 6. The van der Waals surface area contributed by atoms with Gasteiger partial charge >= 0.3 is 24.3 Å². The number of rotatable bonds is 0. The van der Waals surface area contributed by atoms with Gasteiger partial charge in [-0.2, -0.15) is 26.3 Å². The molecule has 0 aromatic rings. The maximum Gasteiger partial charge on any atom is 0.490 e. The molecule has 2 rings (SSSR count). The molecule has 14 heteroatoms. The van der Waals surface area contributed by atoms with Gasteiger partial charge in [0.15, 0.2) is 0 Å². The summed E-state index contributed by atoms with van der Waals surface area (Å²) in [5.74, 6) is -4.25. The molecule has 0 fully saturated rings. The average molecular weight is 334 g/mol. The molecule has 0 bridgehead atoms. The van der Waals surface area contributed by atoms with Gasteiger partial charge in [-0.05, 0) is 0 Å². The summed E-state index contributed by atoms with van der Waals surface area (Å²) in [5, 5.41) is 14.2. The third-order valence-corrected chi connectivity index (χ3v) is 1.41. The molecule has 0 saturated carbocycles. The van der Waals surface area contributed by atoms with Crippen LogP contribution in [-0.4, -0.2) is 58.9 Å². The zero-order chi connectivity index (χ0) is 17.6. The Bertz CT molecular complexity index is 510. The van der Waals surface area contributed by atoms with E-state index in [1.165, 1.54) is 12.7 Å². The van der Waals surface area contributed by atoms with E-state index in [2.05, 4.69) is 20.0 Å². The first-order valence-electron chi connectivity index (χ1n) is 4.67. The zero-order valence-corrected chi connectivity index (χ0v) is 9.92. The number of amidine groups is 2. The zero-order valence-electron chi connectivity index (χ0n) is 9.92. The molecule has 0 amide bonds. The number of halogens is 6. The number of nitrogens with zero attached hydrogens (tertiary/aromatic N) is 4. The Morgan fingerprint density at radius 2 is 1.00 bits per heavy atom. The Labute approximate surface area is 116 Å². The molecule has 0 aromatic carbocycles. The van der Waals surface area contributed by atoms with Crippen molar-refractivity contribution in [1.82, 2.24) is 0 Å². The minimum Gasteiger partial charge on any atom is -0.475 e. The maximum atomic E-state index is 10.6. The summed E-state index contributed by atoms with van der Waals surface area (Å²) in [5.41, 5.74) is 0. The predicted molar refractivity (Wildman–Crippen MR) is 59.2 cm³/mol. The van der Waals surface area contributed by atoms with Crippen LogP contribution in [0.2, 0.25) is 0 Å². The van der Waals surface area contributed by atoms with E-state index >= 15 is 0 Å². The van der Waals surface area contributed by atoms with Gasteiger partial charge in [0, 0.05) is 0 Å². The van der Waals surface area contributed by atoms with Crippen LogP contribution in [0, 0.1) is 0 Å². The van der Waals surface area contributed by atoms with Crippen molar-refractivity contribution in [3.63, 3.8) is 0 Å². The normalized spacial score (nSPS) is 14.8. The summed E-state index contributed by atoms with van der Waals surface area (Å²) < 4.78 is 63.5. The van der Waals surface area contributed by atoms with E-state index in [-0.39, 0.29) is 0 Å². The molecular weight excluding hydrogens is 330 g/mol. The summed E-state index contributed by atoms with van der Waals surface area (Å²) in [7, 11) is 0. The van der Waals surface area contributed by atoms with Gasteiger partial charge in [-0.15, -0.1) is 0 Å². The molecule has 0 atom stereocenters. The van der Waals surface area contributed by atoms with Crippen LogP contribution in [0.25, 0.3) is 0 Å². The number of aliphatic carboxylic acids is 2. The predicted octanol–water partition coefficient (Wildman–Crippen LogP) is 1.13. The molecule has 2 aliphatic rings. The maximum absolute atomic E-state index is 10.6. The van der Waals surface area contributed by atoms with Gasteiger partial charge in [0.1, 0.15) is 12.7 Å². The molecule has 0 spiro atoms. The highest BCUT2D eigenvalue weighted by Crippen LogP contribution is 2.13. The highest BCUT2D eigenvalue weighted by molar-refractivity contribution is 6.49. The van der Waals surface area contributed by atoms with Crippen molar-refractivity contribution in [2.24, 2.45) is 20.0 Å². The highest BCUT2D eigenvalue weighted by Gasteiger charge is 2.38. The Kier molecular flexibility index (Phi) is 6.35. The summed E-state index contributed by atoms with van der Waals surface area (Å²) in [6.45, 7) is 0. The van der Waals surface area contributed by atoms with Crippen molar-refractivity contribution in [3.05, 3.63) is 0 Å². The van der Waals surface area contributed by atoms with Gasteiger partial charge in [-0.1, -0.05) is 0 Å². The Morgan fingerprint density at radius 3 is 1.18 bits per heavy atom. The van der Waals surface area contributed by atoms with Crippen molar-refractivity contribution in [2.45, 2.75) is 12.4 Å². The van der Waals surface area contributed by atoms with E-state index in [0.717, 1.165) is 0 Å². The topological polar surface area (TPSA) is 124 Å². The fraction of sp³-hybridized carbons (Fsp3) is 0.250. The summed E-state index contributed by atoms with van der Waals surface area (Å²) in [4.78, 5) is 33.0. The first-order chi connectivity index (χ1) is 9.85. The van der Waals surface area contributed by atoms with Crippen molar-refractivity contribution in [1.29, 1.82) is 0 Å². The molecule has 0 saturated heterocycles. The number of carbonyl (C=O) groups is 2. The fourth-order valence-electron chi connectivity index (χ4n) is 0.574. The SMILES string of the molecule is C1=NC2=NC=NC2=N1.O=C(O)C(F)(F)F.O=C(O)C(F)(F)F. The lowest BCUT2D eigenvalue weighted by Gasteiger charge is -1.93. The molecule has 0 aromatic heterocycles. The lowest BCUT2D eigenvalue weighted by molar-refractivity contribution is -0.193. The number of carboxylic acid groups (broad SMARTS) is 2. The van der Waals surface area contributed by atoms with Gasteiger partial charge in [0.25, 0.3) is 0 Å². The molecule has 122 valence electrons. The Balaban J connectivity index is 0.000000303. The molecule has 2 aliphatic heterocycles. The first kappa shape index (κ1) is 19.2. The number of fused-ring (bicyclic) bond motifs is 1. The highest BCUT2D eigenvalue weighted by atomic mass is 19.4. The van der Waals surface area contributed by atoms with E-state index in [1.807, 2.05) is 0 Å². The lowest BCUT2D eigenvalue weighted by Crippen LogP contribution is -2.21. The van der Waals surface area contributed by atoms with Crippen LogP contribution in [0.15, 0.2) is 20.0 Å². The van der Waals surface area contributed by atoms with Gasteiger partial charge in [0.05, 0.1) is 0 Å². The number of hydrogen-bond donors (Lipinski definition) is 2. The summed E-state index contributed by atoms with van der Waals surface area (Å²) in [6, 6.07) is 0. The van der Waals surface area contributed by atoms with Crippen LogP contribution in [-0.2, 0) is 9.59 Å². The fourth-order valence-corrected chi connectivity index (χ4v) is 0.574. The second-order valence-electron chi connectivity index (χ2n) is 3.00. The van der Waals surface area contributed by atoms with E-state index < -0.39 is 24.3 Å². The minimum atomic E-state index is -5.08. The standard InChI is InChI=1S/C4H2N4.2C2HF3O2/c1-5-3-4(6-1)8-2-7-3;2*3-2(4,5)1(6)7/h1-2H;2*(H,6,7). The van der Waals surface area contributed by atoms with Crippen LogP contribution in [0.5, 0.6) is 0 Å². The second kappa shape index (κ2) is 7.28. The average Bonchev–Trinajstić information content (AvgIpc) is 2.89. The quantitative estimate of drug-likeness (QED) is 0.644. The molecule has 22 heavy (non-hydrogen) atoms. The molecule has 0 radical (unpaired) electrons. The first-order valence-corrected chi connectivity index (χ1v) is 4.67. The smallest absolute Gasteiger partial charge is 0.475 e. The molecular formula is C8H4F6N4O4. The van der Waals surface area contributed by atoms with Gasteiger partial charge in [-0.3, -0.25) is 0 Å². The molecule has 0 unspecified atom stereocenters. The Morgan fingerprint density at radius 1 is 0.773 bits per heavy atom. The van der Waals surface area contributed by atoms with Crippen LogP contribution in [0.4, 0.5) is 26.3 Å². The third kappa shape index (κ3) is 7.11. The summed E-state index contributed by atoms with van der Waals surface area (Å²) in [6.07, 6.45) is -7.27. The van der Waals surface area contributed by atoms with Gasteiger partial charge in [-0.25, -0.2) is 29.6 Å². The van der Waals surface area contributed by atoms with Crippen molar-refractivity contribution < 1.29 is 46.1 Å². The number of carboxylic acids is 2. The second-order valence-corrected chi connectivity index (χ2v) is 3.00. The van der Waals surface area contributed by atoms with Crippen molar-refractivity contribution in [2.75, 3.05) is 0 Å². The Hall–Kier alpha value is -2.80. The third-order valence-electron chi connectivity index (χ3n) is 1.41.